The molecule has 0 aromatic heterocycles. The molecule has 1 aliphatic heterocycles. The van der Waals surface area contributed by atoms with Crippen LogP contribution in [-0.2, 0) is 9.59 Å². The van der Waals surface area contributed by atoms with E-state index in [0.29, 0.717) is 24.6 Å². The standard InChI is InChI=1S/C21H25N3O3/c1-4-27-19-12-8-7-11-18(19)24-14-15(13-20(24)25)21(26)22-16-9-5-6-10-17(16)23(2)3/h5-12,15H,4,13-14H2,1-3H3,(H,22,26)/t15-/m0/s1. The van der Waals surface area contributed by atoms with Crippen molar-refractivity contribution in [1.29, 1.82) is 0 Å². The number of carbonyl (C=O) groups excluding carboxylic acids is 2. The van der Waals surface area contributed by atoms with Crippen LogP contribution in [0.2, 0.25) is 0 Å². The summed E-state index contributed by atoms with van der Waals surface area (Å²) in [4.78, 5) is 28.9. The van der Waals surface area contributed by atoms with E-state index in [2.05, 4.69) is 5.32 Å². The van der Waals surface area contributed by atoms with Crippen molar-refractivity contribution in [2.45, 2.75) is 13.3 Å². The molecule has 6 nitrogen and oxygen atoms in total. The summed E-state index contributed by atoms with van der Waals surface area (Å²) in [6.07, 6.45) is 0.191. The Kier molecular flexibility index (Phi) is 5.64. The minimum Gasteiger partial charge on any atom is -0.492 e. The molecule has 1 heterocycles. The van der Waals surface area contributed by atoms with Crippen LogP contribution in [0.3, 0.4) is 0 Å². The molecule has 0 bridgehead atoms. The van der Waals surface area contributed by atoms with E-state index in [4.69, 9.17) is 4.74 Å². The van der Waals surface area contributed by atoms with Crippen molar-refractivity contribution >= 4 is 28.9 Å². The first kappa shape index (κ1) is 18.8. The molecule has 0 aliphatic carbocycles. The Morgan fingerprint density at radius 3 is 2.63 bits per heavy atom. The van der Waals surface area contributed by atoms with Crippen LogP contribution in [0.4, 0.5) is 17.1 Å². The van der Waals surface area contributed by atoms with Crippen LogP contribution >= 0.6 is 0 Å². The molecule has 2 aromatic rings. The van der Waals surface area contributed by atoms with Crippen LogP contribution in [0.25, 0.3) is 0 Å². The molecule has 0 spiro atoms. The van der Waals surface area contributed by atoms with Gasteiger partial charge < -0.3 is 19.9 Å². The zero-order valence-electron chi connectivity index (χ0n) is 15.9. The van der Waals surface area contributed by atoms with E-state index >= 15 is 0 Å². The molecule has 1 fully saturated rings. The summed E-state index contributed by atoms with van der Waals surface area (Å²) < 4.78 is 5.63. The van der Waals surface area contributed by atoms with Gasteiger partial charge in [0, 0.05) is 27.1 Å². The summed E-state index contributed by atoms with van der Waals surface area (Å²) in [5.41, 5.74) is 2.38. The van der Waals surface area contributed by atoms with Gasteiger partial charge in [0.1, 0.15) is 5.75 Å². The van der Waals surface area contributed by atoms with Crippen molar-refractivity contribution in [3.8, 4) is 5.75 Å². The smallest absolute Gasteiger partial charge is 0.229 e. The van der Waals surface area contributed by atoms with Gasteiger partial charge >= 0.3 is 0 Å². The van der Waals surface area contributed by atoms with Crippen molar-refractivity contribution in [2.75, 3.05) is 42.4 Å². The molecule has 2 amide bonds. The first-order chi connectivity index (χ1) is 13.0. The van der Waals surface area contributed by atoms with E-state index in [-0.39, 0.29) is 18.2 Å². The van der Waals surface area contributed by atoms with Gasteiger partial charge in [-0.25, -0.2) is 0 Å². The average Bonchev–Trinajstić information content (AvgIpc) is 3.04. The maximum atomic E-state index is 12.8. The van der Waals surface area contributed by atoms with Gasteiger partial charge in [-0.2, -0.15) is 0 Å². The largest absolute Gasteiger partial charge is 0.492 e. The van der Waals surface area contributed by atoms with E-state index < -0.39 is 5.92 Å². The van der Waals surface area contributed by atoms with Crippen molar-refractivity contribution in [1.82, 2.24) is 0 Å². The van der Waals surface area contributed by atoms with Gasteiger partial charge in [0.25, 0.3) is 0 Å². The monoisotopic (exact) mass is 367 g/mol. The summed E-state index contributed by atoms with van der Waals surface area (Å²) in [6.45, 7) is 2.77. The van der Waals surface area contributed by atoms with Gasteiger partial charge in [-0.3, -0.25) is 9.59 Å². The van der Waals surface area contributed by atoms with Gasteiger partial charge in [-0.1, -0.05) is 24.3 Å². The summed E-state index contributed by atoms with van der Waals surface area (Å²) in [7, 11) is 3.85. The minimum absolute atomic E-state index is 0.0665. The first-order valence-corrected chi connectivity index (χ1v) is 9.10. The van der Waals surface area contributed by atoms with Crippen LogP contribution in [0, 0.1) is 5.92 Å². The molecule has 1 saturated heterocycles. The van der Waals surface area contributed by atoms with Crippen LogP contribution in [0.15, 0.2) is 48.5 Å². The molecule has 0 unspecified atom stereocenters. The van der Waals surface area contributed by atoms with Crippen LogP contribution in [0.5, 0.6) is 5.75 Å². The number of nitrogens with one attached hydrogen (secondary N) is 1. The fourth-order valence-corrected chi connectivity index (χ4v) is 3.28. The topological polar surface area (TPSA) is 61.9 Å². The van der Waals surface area contributed by atoms with Crippen molar-refractivity contribution in [2.24, 2.45) is 5.92 Å². The van der Waals surface area contributed by atoms with E-state index in [0.717, 1.165) is 11.4 Å². The Balaban J connectivity index is 1.75. The fourth-order valence-electron chi connectivity index (χ4n) is 3.28. The molecular formula is C21H25N3O3. The Bertz CT molecular complexity index is 835. The molecule has 1 atom stereocenters. The van der Waals surface area contributed by atoms with E-state index in [1.54, 1.807) is 4.90 Å². The third-order valence-electron chi connectivity index (χ3n) is 4.60. The highest BCUT2D eigenvalue weighted by Gasteiger charge is 2.36. The second-order valence-corrected chi connectivity index (χ2v) is 6.71. The number of ether oxygens (including phenoxy) is 1. The third kappa shape index (κ3) is 4.05. The Labute approximate surface area is 159 Å². The highest BCUT2D eigenvalue weighted by atomic mass is 16.5. The number of para-hydroxylation sites is 4. The molecule has 0 radical (unpaired) electrons. The number of benzene rings is 2. The molecule has 3 rings (SSSR count). The van der Waals surface area contributed by atoms with E-state index in [1.807, 2.05) is 74.4 Å². The highest BCUT2D eigenvalue weighted by Crippen LogP contribution is 2.34. The molecule has 142 valence electrons. The average molecular weight is 367 g/mol. The van der Waals surface area contributed by atoms with Crippen molar-refractivity contribution in [3.63, 3.8) is 0 Å². The van der Waals surface area contributed by atoms with Gasteiger partial charge in [0.05, 0.1) is 29.6 Å². The second kappa shape index (κ2) is 8.12. The number of anilines is 3. The molecule has 0 saturated carbocycles. The normalized spacial score (nSPS) is 16.3. The van der Waals surface area contributed by atoms with Crippen LogP contribution in [-0.4, -0.2) is 39.1 Å². The minimum atomic E-state index is -0.401. The lowest BCUT2D eigenvalue weighted by atomic mass is 10.1. The van der Waals surface area contributed by atoms with Crippen LogP contribution < -0.4 is 19.9 Å². The van der Waals surface area contributed by atoms with E-state index in [1.165, 1.54) is 0 Å². The third-order valence-corrected chi connectivity index (χ3v) is 4.60. The lowest BCUT2D eigenvalue weighted by molar-refractivity contribution is -0.122. The predicted molar refractivity (Wildman–Crippen MR) is 107 cm³/mol. The Hall–Kier alpha value is -3.02. The fraction of sp³-hybridized carbons (Fsp3) is 0.333. The lowest BCUT2D eigenvalue weighted by Gasteiger charge is -2.21. The van der Waals surface area contributed by atoms with Crippen molar-refractivity contribution in [3.05, 3.63) is 48.5 Å². The molecule has 2 aromatic carbocycles. The SMILES string of the molecule is CCOc1ccccc1N1C[C@@H](C(=O)Nc2ccccc2N(C)C)CC1=O. The molecule has 1 aliphatic rings. The number of nitrogens with zero attached hydrogens (tertiary/aromatic N) is 2. The van der Waals surface area contributed by atoms with Gasteiger partial charge in [-0.15, -0.1) is 0 Å². The first-order valence-electron chi connectivity index (χ1n) is 9.10. The zero-order chi connectivity index (χ0) is 19.4. The molecule has 27 heavy (non-hydrogen) atoms. The maximum absolute atomic E-state index is 12.8. The quantitative estimate of drug-likeness (QED) is 0.852. The number of amides is 2. The van der Waals surface area contributed by atoms with E-state index in [9.17, 15) is 9.59 Å². The molecule has 6 heteroatoms. The molecule has 1 N–H and O–H groups in total. The summed E-state index contributed by atoms with van der Waals surface area (Å²) in [5.74, 6) is 0.0481. The Morgan fingerprint density at radius 1 is 1.19 bits per heavy atom. The zero-order valence-corrected chi connectivity index (χ0v) is 15.9. The summed E-state index contributed by atoms with van der Waals surface area (Å²) in [5, 5.41) is 2.98. The predicted octanol–water partition coefficient (Wildman–Crippen LogP) is 3.14. The van der Waals surface area contributed by atoms with Gasteiger partial charge in [0.2, 0.25) is 11.8 Å². The summed E-state index contributed by atoms with van der Waals surface area (Å²) >= 11 is 0. The number of hydrogen-bond donors (Lipinski definition) is 1. The van der Waals surface area contributed by atoms with Gasteiger partial charge in [0.15, 0.2) is 0 Å². The van der Waals surface area contributed by atoms with Gasteiger partial charge in [-0.05, 0) is 31.2 Å². The molecular weight excluding hydrogens is 342 g/mol. The number of rotatable bonds is 6. The Morgan fingerprint density at radius 2 is 1.89 bits per heavy atom. The number of carbonyl (C=O) groups is 2. The maximum Gasteiger partial charge on any atom is 0.229 e. The highest BCUT2D eigenvalue weighted by molar-refractivity contribution is 6.05. The number of hydrogen-bond acceptors (Lipinski definition) is 4. The van der Waals surface area contributed by atoms with Crippen molar-refractivity contribution < 1.29 is 14.3 Å². The second-order valence-electron chi connectivity index (χ2n) is 6.71. The lowest BCUT2D eigenvalue weighted by Crippen LogP contribution is -2.28. The van der Waals surface area contributed by atoms with Crippen LogP contribution in [0.1, 0.15) is 13.3 Å². The summed E-state index contributed by atoms with van der Waals surface area (Å²) in [6, 6.07) is 15.1.